The summed E-state index contributed by atoms with van der Waals surface area (Å²) < 4.78 is 29.3. The van der Waals surface area contributed by atoms with Gasteiger partial charge >= 0.3 is 5.97 Å². The van der Waals surface area contributed by atoms with Gasteiger partial charge in [0.25, 0.3) is 0 Å². The molecule has 1 fully saturated rings. The van der Waals surface area contributed by atoms with Crippen LogP contribution >= 0.6 is 0 Å². The molecule has 7 nitrogen and oxygen atoms in total. The number of benzene rings is 1. The molecule has 0 aliphatic carbocycles. The second-order valence-corrected chi connectivity index (χ2v) is 7.48. The summed E-state index contributed by atoms with van der Waals surface area (Å²) in [5.74, 6) is -0.892. The van der Waals surface area contributed by atoms with Gasteiger partial charge < -0.3 is 10.1 Å². The van der Waals surface area contributed by atoms with Crippen LogP contribution in [-0.4, -0.2) is 50.6 Å². The van der Waals surface area contributed by atoms with Crippen molar-refractivity contribution >= 4 is 27.6 Å². The van der Waals surface area contributed by atoms with Crippen LogP contribution in [0.1, 0.15) is 28.8 Å². The first kappa shape index (κ1) is 17.4. The lowest BCUT2D eigenvalue weighted by atomic mass is 10.1. The average Bonchev–Trinajstić information content (AvgIpc) is 2.98. The van der Waals surface area contributed by atoms with Gasteiger partial charge in [-0.2, -0.15) is 4.31 Å². The number of hydrogen-bond donors (Lipinski definition) is 1. The molecule has 0 radical (unpaired) electrons. The third kappa shape index (κ3) is 3.89. The number of nitrogens with one attached hydrogen (secondary N) is 1. The van der Waals surface area contributed by atoms with E-state index in [1.165, 1.54) is 17.5 Å². The molecule has 0 bridgehead atoms. The fourth-order valence-corrected chi connectivity index (χ4v) is 3.74. The summed E-state index contributed by atoms with van der Waals surface area (Å²) in [5, 5.41) is 2.72. The SMILES string of the molecule is COC(=O)c1ccc(C)c(NC(=O)[C@H]2CCCN2S(C)(=O)=O)c1. The number of nitrogens with zero attached hydrogens (tertiary/aromatic N) is 1. The van der Waals surface area contributed by atoms with E-state index in [0.717, 1.165) is 11.8 Å². The van der Waals surface area contributed by atoms with Crippen molar-refractivity contribution in [1.29, 1.82) is 0 Å². The Balaban J connectivity index is 2.22. The quantitative estimate of drug-likeness (QED) is 0.830. The van der Waals surface area contributed by atoms with Crippen LogP contribution in [0.2, 0.25) is 0 Å². The molecule has 126 valence electrons. The summed E-state index contributed by atoms with van der Waals surface area (Å²) in [4.78, 5) is 24.0. The van der Waals surface area contributed by atoms with Gasteiger partial charge in [-0.3, -0.25) is 4.79 Å². The Bertz CT molecular complexity index is 729. The third-order valence-corrected chi connectivity index (χ3v) is 5.14. The summed E-state index contributed by atoms with van der Waals surface area (Å²) in [6, 6.07) is 4.12. The zero-order valence-corrected chi connectivity index (χ0v) is 14.1. The highest BCUT2D eigenvalue weighted by atomic mass is 32.2. The van der Waals surface area contributed by atoms with Crippen LogP contribution in [-0.2, 0) is 19.6 Å². The summed E-state index contributed by atoms with van der Waals surface area (Å²) >= 11 is 0. The fraction of sp³-hybridized carbons (Fsp3) is 0.467. The minimum Gasteiger partial charge on any atom is -0.465 e. The molecule has 1 heterocycles. The molecule has 0 aromatic heterocycles. The number of aryl methyl sites for hydroxylation is 1. The Kier molecular flexibility index (Phi) is 5.06. The maximum Gasteiger partial charge on any atom is 0.337 e. The second-order valence-electron chi connectivity index (χ2n) is 5.54. The van der Waals surface area contributed by atoms with Gasteiger partial charge in [0.15, 0.2) is 0 Å². The number of esters is 1. The van der Waals surface area contributed by atoms with E-state index in [-0.39, 0.29) is 0 Å². The highest BCUT2D eigenvalue weighted by Crippen LogP contribution is 2.23. The Labute approximate surface area is 135 Å². The predicted octanol–water partition coefficient (Wildman–Crippen LogP) is 1.14. The molecule has 0 saturated carbocycles. The number of sulfonamides is 1. The first-order chi connectivity index (χ1) is 10.7. The molecule has 0 unspecified atom stereocenters. The number of carbonyl (C=O) groups excluding carboxylic acids is 2. The van der Waals surface area contributed by atoms with Crippen LogP contribution in [0.3, 0.4) is 0 Å². The van der Waals surface area contributed by atoms with Crippen molar-refractivity contribution in [1.82, 2.24) is 4.31 Å². The summed E-state index contributed by atoms with van der Waals surface area (Å²) in [5.41, 5.74) is 1.56. The summed E-state index contributed by atoms with van der Waals surface area (Å²) in [6.45, 7) is 2.14. The van der Waals surface area contributed by atoms with Crippen molar-refractivity contribution in [2.45, 2.75) is 25.8 Å². The van der Waals surface area contributed by atoms with E-state index in [2.05, 4.69) is 10.1 Å². The zero-order valence-electron chi connectivity index (χ0n) is 13.3. The Morgan fingerprint density at radius 3 is 2.65 bits per heavy atom. The first-order valence-electron chi connectivity index (χ1n) is 7.20. The minimum absolute atomic E-state index is 0.319. The third-order valence-electron chi connectivity index (χ3n) is 3.85. The van der Waals surface area contributed by atoms with E-state index in [0.29, 0.717) is 30.6 Å². The molecule has 1 aliphatic rings. The standard InChI is InChI=1S/C15H20N2O5S/c1-10-6-7-11(15(19)22-2)9-12(10)16-14(18)13-5-4-8-17(13)23(3,20)21/h6-7,9,13H,4-5,8H2,1-3H3,(H,16,18)/t13-/m1/s1. The minimum atomic E-state index is -3.43. The van der Waals surface area contributed by atoms with E-state index in [1.807, 2.05) is 0 Å². The normalized spacial score (nSPS) is 18.7. The largest absolute Gasteiger partial charge is 0.465 e. The van der Waals surface area contributed by atoms with Gasteiger partial charge in [-0.05, 0) is 37.5 Å². The van der Waals surface area contributed by atoms with Crippen LogP contribution in [0.4, 0.5) is 5.69 Å². The topological polar surface area (TPSA) is 92.8 Å². The highest BCUT2D eigenvalue weighted by molar-refractivity contribution is 7.88. The zero-order chi connectivity index (χ0) is 17.2. The van der Waals surface area contributed by atoms with Crippen molar-refractivity contribution in [3.05, 3.63) is 29.3 Å². The van der Waals surface area contributed by atoms with Crippen molar-refractivity contribution in [2.24, 2.45) is 0 Å². The van der Waals surface area contributed by atoms with Gasteiger partial charge in [-0.1, -0.05) is 6.07 Å². The molecule has 1 atom stereocenters. The van der Waals surface area contributed by atoms with Gasteiger partial charge in [0.1, 0.15) is 6.04 Å². The second kappa shape index (κ2) is 6.67. The van der Waals surface area contributed by atoms with E-state index in [1.54, 1.807) is 19.1 Å². The molecule has 1 amide bonds. The number of methoxy groups -OCH3 is 1. The maximum absolute atomic E-state index is 12.4. The molecular formula is C15H20N2O5S. The summed E-state index contributed by atoms with van der Waals surface area (Å²) in [7, 11) is -2.15. The number of anilines is 1. The predicted molar refractivity (Wildman–Crippen MR) is 85.7 cm³/mol. The molecular weight excluding hydrogens is 320 g/mol. The van der Waals surface area contributed by atoms with Crippen LogP contribution in [0.25, 0.3) is 0 Å². The number of rotatable bonds is 4. The van der Waals surface area contributed by atoms with Crippen LogP contribution < -0.4 is 5.32 Å². The van der Waals surface area contributed by atoms with Crippen LogP contribution in [0.5, 0.6) is 0 Å². The molecule has 1 aliphatic heterocycles. The molecule has 8 heteroatoms. The van der Waals surface area contributed by atoms with Crippen molar-refractivity contribution in [2.75, 3.05) is 25.2 Å². The fourth-order valence-electron chi connectivity index (χ4n) is 2.62. The van der Waals surface area contributed by atoms with Crippen molar-refractivity contribution < 1.29 is 22.7 Å². The maximum atomic E-state index is 12.4. The van der Waals surface area contributed by atoms with E-state index >= 15 is 0 Å². The number of amides is 1. The number of hydrogen-bond acceptors (Lipinski definition) is 5. The van der Waals surface area contributed by atoms with E-state index < -0.39 is 27.9 Å². The lowest BCUT2D eigenvalue weighted by Gasteiger charge is -2.22. The first-order valence-corrected chi connectivity index (χ1v) is 9.05. The summed E-state index contributed by atoms with van der Waals surface area (Å²) in [6.07, 6.45) is 2.22. The van der Waals surface area contributed by atoms with Crippen LogP contribution in [0.15, 0.2) is 18.2 Å². The molecule has 1 saturated heterocycles. The Hall–Kier alpha value is -1.93. The van der Waals surface area contributed by atoms with E-state index in [4.69, 9.17) is 0 Å². The monoisotopic (exact) mass is 340 g/mol. The van der Waals surface area contributed by atoms with Gasteiger partial charge in [-0.25, -0.2) is 13.2 Å². The molecule has 1 N–H and O–H groups in total. The van der Waals surface area contributed by atoms with Crippen molar-refractivity contribution in [3.8, 4) is 0 Å². The Morgan fingerprint density at radius 2 is 2.04 bits per heavy atom. The number of ether oxygens (including phenoxy) is 1. The van der Waals surface area contributed by atoms with E-state index in [9.17, 15) is 18.0 Å². The van der Waals surface area contributed by atoms with Crippen LogP contribution in [0, 0.1) is 6.92 Å². The molecule has 0 spiro atoms. The molecule has 23 heavy (non-hydrogen) atoms. The van der Waals surface area contributed by atoms with Gasteiger partial charge in [-0.15, -0.1) is 0 Å². The lowest BCUT2D eigenvalue weighted by molar-refractivity contribution is -0.119. The highest BCUT2D eigenvalue weighted by Gasteiger charge is 2.36. The smallest absolute Gasteiger partial charge is 0.337 e. The van der Waals surface area contributed by atoms with Gasteiger partial charge in [0.2, 0.25) is 15.9 Å². The van der Waals surface area contributed by atoms with Crippen molar-refractivity contribution in [3.63, 3.8) is 0 Å². The van der Waals surface area contributed by atoms with Gasteiger partial charge in [0.05, 0.1) is 18.9 Å². The Morgan fingerprint density at radius 1 is 1.35 bits per heavy atom. The molecule has 1 aromatic rings. The molecule has 2 rings (SSSR count). The lowest BCUT2D eigenvalue weighted by Crippen LogP contribution is -2.42. The molecule has 1 aromatic carbocycles. The number of carbonyl (C=O) groups is 2. The average molecular weight is 340 g/mol. The van der Waals surface area contributed by atoms with Gasteiger partial charge in [0, 0.05) is 12.2 Å².